The van der Waals surface area contributed by atoms with Crippen LogP contribution in [0, 0.1) is 5.82 Å². The molecule has 2 rings (SSSR count). The van der Waals surface area contributed by atoms with Gasteiger partial charge in [0.25, 0.3) is 0 Å². The van der Waals surface area contributed by atoms with Gasteiger partial charge in [-0.1, -0.05) is 11.6 Å². The highest BCUT2D eigenvalue weighted by Crippen LogP contribution is 2.23. The van der Waals surface area contributed by atoms with E-state index < -0.39 is 5.82 Å². The smallest absolute Gasteiger partial charge is 0.142 e. The Morgan fingerprint density at radius 2 is 2.00 bits per heavy atom. The van der Waals surface area contributed by atoms with Crippen LogP contribution in [0.4, 0.5) is 4.39 Å². The average Bonchev–Trinajstić information content (AvgIpc) is 2.79. The molecule has 0 saturated carbocycles. The number of rotatable bonds is 4. The Labute approximate surface area is 108 Å². The van der Waals surface area contributed by atoms with E-state index in [0.717, 1.165) is 9.75 Å². The Bertz CT molecular complexity index is 515. The fourth-order valence-electron chi connectivity index (χ4n) is 1.33. The molecule has 90 valence electrons. The molecule has 5 heteroatoms. The van der Waals surface area contributed by atoms with E-state index in [0.29, 0.717) is 18.9 Å². The van der Waals surface area contributed by atoms with Crippen molar-refractivity contribution in [2.45, 2.75) is 13.2 Å². The van der Waals surface area contributed by atoms with Gasteiger partial charge in [0.15, 0.2) is 0 Å². The zero-order valence-corrected chi connectivity index (χ0v) is 10.5. The number of hydrogen-bond donors (Lipinski definition) is 1. The maximum absolute atomic E-state index is 12.9. The standard InChI is InChI=1S/C12H11ClFNOS/c13-11-5-8(1-4-12(11)14)16-7-10-3-2-9(6-15)17-10/h1-5H,6-7,15H2. The minimum absolute atomic E-state index is 0.0660. The van der Waals surface area contributed by atoms with Crippen LogP contribution >= 0.6 is 22.9 Å². The van der Waals surface area contributed by atoms with Gasteiger partial charge in [-0.15, -0.1) is 11.3 Å². The average molecular weight is 272 g/mol. The molecule has 0 saturated heterocycles. The third-order valence-electron chi connectivity index (χ3n) is 2.19. The summed E-state index contributed by atoms with van der Waals surface area (Å²) in [6.07, 6.45) is 0. The van der Waals surface area contributed by atoms with E-state index in [1.54, 1.807) is 17.4 Å². The maximum Gasteiger partial charge on any atom is 0.142 e. The minimum atomic E-state index is -0.444. The molecule has 0 aliphatic carbocycles. The Hall–Kier alpha value is -1.10. The van der Waals surface area contributed by atoms with Gasteiger partial charge < -0.3 is 10.5 Å². The second-order valence-corrected chi connectivity index (χ2v) is 5.10. The van der Waals surface area contributed by atoms with Crippen LogP contribution in [0.5, 0.6) is 5.75 Å². The molecule has 0 aliphatic rings. The molecule has 0 aliphatic heterocycles. The molecule has 17 heavy (non-hydrogen) atoms. The summed E-state index contributed by atoms with van der Waals surface area (Å²) in [6.45, 7) is 0.972. The Morgan fingerprint density at radius 3 is 2.65 bits per heavy atom. The number of hydrogen-bond acceptors (Lipinski definition) is 3. The SMILES string of the molecule is NCc1ccc(COc2ccc(F)c(Cl)c2)s1. The molecule has 1 heterocycles. The highest BCUT2D eigenvalue weighted by molar-refractivity contribution is 7.11. The van der Waals surface area contributed by atoms with Gasteiger partial charge in [0.2, 0.25) is 0 Å². The highest BCUT2D eigenvalue weighted by Gasteiger charge is 2.03. The summed E-state index contributed by atoms with van der Waals surface area (Å²) in [4.78, 5) is 2.19. The topological polar surface area (TPSA) is 35.2 Å². The third kappa shape index (κ3) is 3.19. The summed E-state index contributed by atoms with van der Waals surface area (Å²) < 4.78 is 18.4. The Balaban J connectivity index is 1.99. The Kier molecular flexibility index (Phi) is 3.99. The molecule has 0 amide bonds. The molecule has 2 aromatic rings. The second-order valence-electron chi connectivity index (χ2n) is 3.44. The van der Waals surface area contributed by atoms with E-state index >= 15 is 0 Å². The first-order chi connectivity index (χ1) is 8.19. The fraction of sp³-hybridized carbons (Fsp3) is 0.167. The second kappa shape index (κ2) is 5.49. The first-order valence-electron chi connectivity index (χ1n) is 5.04. The number of ether oxygens (including phenoxy) is 1. The molecule has 0 radical (unpaired) electrons. The van der Waals surface area contributed by atoms with E-state index in [4.69, 9.17) is 22.1 Å². The highest BCUT2D eigenvalue weighted by atomic mass is 35.5. The summed E-state index contributed by atoms with van der Waals surface area (Å²) in [5, 5.41) is 0.0660. The summed E-state index contributed by atoms with van der Waals surface area (Å²) in [5.74, 6) is 0.111. The predicted molar refractivity (Wildman–Crippen MR) is 68.0 cm³/mol. The molecule has 0 atom stereocenters. The zero-order chi connectivity index (χ0) is 12.3. The van der Waals surface area contributed by atoms with Crippen LogP contribution in [-0.2, 0) is 13.2 Å². The lowest BCUT2D eigenvalue weighted by Gasteiger charge is -2.05. The normalized spacial score (nSPS) is 10.5. The Morgan fingerprint density at radius 1 is 1.24 bits per heavy atom. The van der Waals surface area contributed by atoms with E-state index in [-0.39, 0.29) is 5.02 Å². The van der Waals surface area contributed by atoms with E-state index in [2.05, 4.69) is 0 Å². The lowest BCUT2D eigenvalue weighted by atomic mass is 10.3. The van der Waals surface area contributed by atoms with Crippen LogP contribution in [0.3, 0.4) is 0 Å². The minimum Gasteiger partial charge on any atom is -0.488 e. The van der Waals surface area contributed by atoms with Gasteiger partial charge in [0.1, 0.15) is 18.2 Å². The van der Waals surface area contributed by atoms with E-state index in [9.17, 15) is 4.39 Å². The van der Waals surface area contributed by atoms with Crippen molar-refractivity contribution in [1.82, 2.24) is 0 Å². The molecule has 0 unspecified atom stereocenters. The molecule has 0 fully saturated rings. The van der Waals surface area contributed by atoms with Crippen molar-refractivity contribution >= 4 is 22.9 Å². The quantitative estimate of drug-likeness (QED) is 0.922. The number of halogens is 2. The molecule has 0 spiro atoms. The van der Waals surface area contributed by atoms with Crippen LogP contribution in [-0.4, -0.2) is 0 Å². The van der Waals surface area contributed by atoms with Gasteiger partial charge in [-0.25, -0.2) is 4.39 Å². The third-order valence-corrected chi connectivity index (χ3v) is 3.56. The van der Waals surface area contributed by atoms with E-state index in [1.165, 1.54) is 12.1 Å². The molecule has 1 aromatic carbocycles. The van der Waals surface area contributed by atoms with Crippen molar-refractivity contribution in [2.75, 3.05) is 0 Å². The molecule has 1 aromatic heterocycles. The van der Waals surface area contributed by atoms with Crippen LogP contribution in [0.2, 0.25) is 5.02 Å². The van der Waals surface area contributed by atoms with Gasteiger partial charge in [-0.2, -0.15) is 0 Å². The lowest BCUT2D eigenvalue weighted by molar-refractivity contribution is 0.309. The maximum atomic E-state index is 12.9. The zero-order valence-electron chi connectivity index (χ0n) is 8.95. The summed E-state index contributed by atoms with van der Waals surface area (Å²) in [6, 6.07) is 8.25. The van der Waals surface area contributed by atoms with Crippen LogP contribution in [0.25, 0.3) is 0 Å². The lowest BCUT2D eigenvalue weighted by Crippen LogP contribution is -1.93. The monoisotopic (exact) mass is 271 g/mol. The number of nitrogens with two attached hydrogens (primary N) is 1. The van der Waals surface area contributed by atoms with Crippen molar-refractivity contribution in [1.29, 1.82) is 0 Å². The predicted octanol–water partition coefficient (Wildman–Crippen LogP) is 3.58. The van der Waals surface area contributed by atoms with Gasteiger partial charge >= 0.3 is 0 Å². The molecular formula is C12H11ClFNOS. The van der Waals surface area contributed by atoms with Gasteiger partial charge in [0, 0.05) is 22.4 Å². The first-order valence-corrected chi connectivity index (χ1v) is 6.24. The fourth-order valence-corrected chi connectivity index (χ4v) is 2.31. The molecule has 0 bridgehead atoms. The van der Waals surface area contributed by atoms with Crippen LogP contribution < -0.4 is 10.5 Å². The van der Waals surface area contributed by atoms with Crippen LogP contribution in [0.1, 0.15) is 9.75 Å². The summed E-state index contributed by atoms with van der Waals surface area (Å²) in [5.41, 5.74) is 5.52. The summed E-state index contributed by atoms with van der Waals surface area (Å²) in [7, 11) is 0. The van der Waals surface area contributed by atoms with Crippen molar-refractivity contribution in [3.8, 4) is 5.75 Å². The molecular weight excluding hydrogens is 261 g/mol. The summed E-state index contributed by atoms with van der Waals surface area (Å²) >= 11 is 7.26. The van der Waals surface area contributed by atoms with Crippen molar-refractivity contribution < 1.29 is 9.13 Å². The van der Waals surface area contributed by atoms with Gasteiger partial charge in [-0.05, 0) is 24.3 Å². The van der Waals surface area contributed by atoms with Gasteiger partial charge in [-0.3, -0.25) is 0 Å². The van der Waals surface area contributed by atoms with Crippen LogP contribution in [0.15, 0.2) is 30.3 Å². The van der Waals surface area contributed by atoms with Crippen molar-refractivity contribution in [2.24, 2.45) is 5.73 Å². The number of thiophene rings is 1. The molecule has 2 N–H and O–H groups in total. The van der Waals surface area contributed by atoms with Crippen molar-refractivity contribution in [3.63, 3.8) is 0 Å². The van der Waals surface area contributed by atoms with Gasteiger partial charge in [0.05, 0.1) is 5.02 Å². The first kappa shape index (κ1) is 12.4. The number of benzene rings is 1. The largest absolute Gasteiger partial charge is 0.488 e. The van der Waals surface area contributed by atoms with E-state index in [1.807, 2.05) is 12.1 Å². The van der Waals surface area contributed by atoms with Crippen molar-refractivity contribution in [3.05, 3.63) is 50.9 Å². The molecule has 2 nitrogen and oxygen atoms in total.